The molecule has 0 nitrogen and oxygen atoms in total. The molecule has 0 N–H and O–H groups in total. The van der Waals surface area contributed by atoms with Gasteiger partial charge in [-0.15, -0.1) is 105 Å². The van der Waals surface area contributed by atoms with Gasteiger partial charge in [0.1, 0.15) is 0 Å². The Morgan fingerprint density at radius 1 is 0.571 bits per heavy atom. The van der Waals surface area contributed by atoms with E-state index in [1.54, 1.807) is 0 Å². The van der Waals surface area contributed by atoms with Crippen molar-refractivity contribution in [1.82, 2.24) is 0 Å². The van der Waals surface area contributed by atoms with Crippen LogP contribution in [0.5, 0.6) is 0 Å². The fourth-order valence-corrected chi connectivity index (χ4v) is 3.95. The van der Waals surface area contributed by atoms with E-state index in [1.165, 1.54) is 78.3 Å². The number of hydrogen-bond acceptors (Lipinski definition) is 0. The van der Waals surface area contributed by atoms with E-state index in [1.807, 2.05) is 30.3 Å². The van der Waals surface area contributed by atoms with Crippen LogP contribution in [0.2, 0.25) is 0 Å². The van der Waals surface area contributed by atoms with E-state index in [2.05, 4.69) is 104 Å². The summed E-state index contributed by atoms with van der Waals surface area (Å²) in [4.78, 5) is 0. The van der Waals surface area contributed by atoms with Crippen molar-refractivity contribution in [2.24, 2.45) is 0 Å². The van der Waals surface area contributed by atoms with Crippen LogP contribution in [-0.4, -0.2) is 6.88 Å². The van der Waals surface area contributed by atoms with Gasteiger partial charge in [-0.2, -0.15) is 36.8 Å². The van der Waals surface area contributed by atoms with E-state index in [0.29, 0.717) is 0 Å². The Hall–Kier alpha value is -1.57. The molecule has 5 rings (SSSR count). The monoisotopic (exact) mass is 595 g/mol. The third-order valence-corrected chi connectivity index (χ3v) is 5.78. The first-order chi connectivity index (χ1) is 15.8. The molecule has 0 aliphatic carbocycles. The molecular weight excluding hydrogens is 563 g/mol. The summed E-state index contributed by atoms with van der Waals surface area (Å²) in [7, 11) is 0. The number of halogens is 2. The molecule has 0 atom stereocenters. The Labute approximate surface area is 241 Å². The van der Waals surface area contributed by atoms with E-state index < -0.39 is 0 Å². The Kier molecular flexibility index (Phi) is 15.5. The van der Waals surface area contributed by atoms with Crippen molar-refractivity contribution in [3.63, 3.8) is 0 Å². The number of fused-ring (bicyclic) bond motifs is 2. The number of benzene rings is 3. The summed E-state index contributed by atoms with van der Waals surface area (Å²) in [6.45, 7) is 19.8. The first-order valence-corrected chi connectivity index (χ1v) is 15.3. The average Bonchev–Trinajstić information content (AvgIpc) is 3.41. The second-order valence-electron chi connectivity index (χ2n) is 8.60. The Bertz CT molecular complexity index is 1150. The van der Waals surface area contributed by atoms with Crippen LogP contribution in [0.4, 0.5) is 0 Å². The fourth-order valence-electron chi connectivity index (χ4n) is 3.95. The third-order valence-electron chi connectivity index (χ3n) is 5.78. The van der Waals surface area contributed by atoms with Crippen molar-refractivity contribution in [1.29, 1.82) is 0 Å². The van der Waals surface area contributed by atoms with E-state index in [-0.39, 0.29) is 24.8 Å². The summed E-state index contributed by atoms with van der Waals surface area (Å²) in [5, 5.41) is 5.64. The number of hydrogen-bond donors (Lipinski definition) is 0. The molecule has 4 heteroatoms. The van der Waals surface area contributed by atoms with Gasteiger partial charge in [0, 0.05) is 0 Å². The minimum absolute atomic E-state index is 0. The number of aryl methyl sites for hydroxylation is 6. The maximum absolute atomic E-state index is 3.72. The normalized spacial score (nSPS) is 9.29. The summed E-state index contributed by atoms with van der Waals surface area (Å²) < 4.78 is 0. The molecule has 184 valence electrons. The van der Waals surface area contributed by atoms with Crippen LogP contribution in [0.15, 0.2) is 78.9 Å². The average molecular weight is 598 g/mol. The van der Waals surface area contributed by atoms with Crippen LogP contribution in [0.3, 0.4) is 0 Å². The molecule has 5 aromatic carbocycles. The second-order valence-corrected chi connectivity index (χ2v) is 8.60. The van der Waals surface area contributed by atoms with Crippen molar-refractivity contribution < 1.29 is 23.3 Å². The van der Waals surface area contributed by atoms with Crippen molar-refractivity contribution >= 4 is 53.2 Å². The van der Waals surface area contributed by atoms with Crippen molar-refractivity contribution in [2.75, 3.05) is 0 Å². The van der Waals surface area contributed by atoms with Crippen LogP contribution in [0.25, 0.3) is 21.5 Å². The second kappa shape index (κ2) is 16.2. The maximum atomic E-state index is 3.72. The van der Waals surface area contributed by atoms with Gasteiger partial charge in [-0.3, -0.25) is 0 Å². The summed E-state index contributed by atoms with van der Waals surface area (Å²) in [6, 6.07) is 27.7. The summed E-state index contributed by atoms with van der Waals surface area (Å²) in [5.41, 5.74) is 9.31. The van der Waals surface area contributed by atoms with Gasteiger partial charge in [0.2, 0.25) is 0 Å². The Morgan fingerprint density at radius 2 is 0.914 bits per heavy atom. The molecule has 0 amide bonds. The molecule has 0 heterocycles. The molecule has 0 spiro atoms. The predicted octanol–water partition coefficient (Wildman–Crippen LogP) is 9.30. The minimum atomic E-state index is 0. The quantitative estimate of drug-likeness (QED) is 0.123. The zero-order valence-electron chi connectivity index (χ0n) is 21.5. The van der Waals surface area contributed by atoms with Crippen LogP contribution in [0, 0.1) is 48.5 Å². The first kappa shape index (κ1) is 33.4. The van der Waals surface area contributed by atoms with Crippen molar-refractivity contribution in [2.45, 2.75) is 41.5 Å². The Morgan fingerprint density at radius 3 is 1.20 bits per heavy atom. The molecule has 0 saturated heterocycles. The first-order valence-electron chi connectivity index (χ1n) is 11.1. The van der Waals surface area contributed by atoms with Gasteiger partial charge < -0.3 is 0 Å². The number of rotatable bonds is 0. The van der Waals surface area contributed by atoms with E-state index in [4.69, 9.17) is 0 Å². The van der Waals surface area contributed by atoms with Gasteiger partial charge in [0.15, 0.2) is 0 Å². The summed E-state index contributed by atoms with van der Waals surface area (Å²) >= 11 is 1.36. The topological polar surface area (TPSA) is 0 Å². The van der Waals surface area contributed by atoms with Gasteiger partial charge in [-0.05, 0) is 13.8 Å². The third kappa shape index (κ3) is 9.43. The fraction of sp³-hybridized carbons (Fsp3) is 0.194. The molecule has 35 heavy (non-hydrogen) atoms. The zero-order chi connectivity index (χ0) is 24.5. The molecule has 0 aliphatic heterocycles. The molecule has 0 bridgehead atoms. The van der Waals surface area contributed by atoms with Crippen LogP contribution in [-0.2, 0) is 23.3 Å². The SMILES string of the molecule is Cc1cc2c(C)ccc(C)c2[cH-]1.Cc1cc2c(C)ccc(C)c2[cH-]1.Cl.Cl.[CH2-]c1ccccc1.[Si]=[Zr]. The van der Waals surface area contributed by atoms with Gasteiger partial charge in [-0.1, -0.05) is 57.0 Å². The summed E-state index contributed by atoms with van der Waals surface area (Å²) in [5.74, 6) is 0. The summed E-state index contributed by atoms with van der Waals surface area (Å²) in [6.07, 6.45) is 0. The predicted molar refractivity (Wildman–Crippen MR) is 159 cm³/mol. The van der Waals surface area contributed by atoms with Crippen LogP contribution >= 0.6 is 24.8 Å². The molecule has 0 aromatic heterocycles. The molecule has 0 saturated carbocycles. The Balaban J connectivity index is 0.000000480. The standard InChI is InChI=1S/2C12H13.C7H7.2ClH.Si.Zr/c2*1-8-6-11-9(2)4-5-10(3)12(11)7-8;1-7-5-3-2-4-6-7;;;;/h2*4-7H,1-3H3;2-6H,1H2;2*1H;;/q3*-1;;;;. The molecule has 0 aliphatic rings. The molecular formula is C31H35Cl2SiZr-3. The van der Waals surface area contributed by atoms with Crippen LogP contribution < -0.4 is 0 Å². The van der Waals surface area contributed by atoms with E-state index >= 15 is 0 Å². The van der Waals surface area contributed by atoms with Gasteiger partial charge >= 0.3 is 30.2 Å². The van der Waals surface area contributed by atoms with Crippen LogP contribution in [0.1, 0.15) is 38.9 Å². The van der Waals surface area contributed by atoms with Crippen molar-refractivity contribution in [3.05, 3.63) is 125 Å². The zero-order valence-corrected chi connectivity index (χ0v) is 26.6. The molecule has 0 fully saturated rings. The van der Waals surface area contributed by atoms with Gasteiger partial charge in [0.25, 0.3) is 0 Å². The van der Waals surface area contributed by atoms with Crippen molar-refractivity contribution in [3.8, 4) is 0 Å². The van der Waals surface area contributed by atoms with E-state index in [9.17, 15) is 0 Å². The van der Waals surface area contributed by atoms with Gasteiger partial charge in [0.05, 0.1) is 0 Å². The molecule has 2 radical (unpaired) electrons. The molecule has 0 unspecified atom stereocenters. The van der Waals surface area contributed by atoms with E-state index in [0.717, 1.165) is 5.56 Å². The molecule has 5 aromatic rings. The van der Waals surface area contributed by atoms with Gasteiger partial charge in [-0.25, -0.2) is 0 Å².